The molecule has 0 fully saturated rings. The highest BCUT2D eigenvalue weighted by Gasteiger charge is 2.44. The van der Waals surface area contributed by atoms with Crippen molar-refractivity contribution in [3.8, 4) is 0 Å². The highest BCUT2D eigenvalue weighted by atomic mass is 35.5. The second kappa shape index (κ2) is 7.01. The molecule has 2 aromatic rings. The maximum atomic E-state index is 12.0. The van der Waals surface area contributed by atoms with Crippen molar-refractivity contribution >= 4 is 29.1 Å². The number of ether oxygens (including phenoxy) is 1. The molecule has 2 heterocycles. The van der Waals surface area contributed by atoms with Crippen molar-refractivity contribution in [1.82, 2.24) is 9.72 Å². The van der Waals surface area contributed by atoms with Gasteiger partial charge in [-0.05, 0) is 30.9 Å². The van der Waals surface area contributed by atoms with E-state index in [9.17, 15) is 4.79 Å². The lowest BCUT2D eigenvalue weighted by Gasteiger charge is -2.33. The fourth-order valence-electron chi connectivity index (χ4n) is 2.49. The smallest absolute Gasteiger partial charge is 0.348 e. The summed E-state index contributed by atoms with van der Waals surface area (Å²) in [5, 5.41) is 6.50. The summed E-state index contributed by atoms with van der Waals surface area (Å²) in [7, 11) is 0. The van der Waals surface area contributed by atoms with Gasteiger partial charge in [-0.3, -0.25) is 4.52 Å². The van der Waals surface area contributed by atoms with Crippen molar-refractivity contribution < 1.29 is 9.26 Å². The van der Waals surface area contributed by atoms with Gasteiger partial charge in [0.15, 0.2) is 0 Å². The molecule has 126 valence electrons. The molecular formula is C17H17ClN2O3S. The molecule has 0 amide bonds. The van der Waals surface area contributed by atoms with Gasteiger partial charge >= 0.3 is 5.76 Å². The number of rotatable bonds is 5. The lowest BCUT2D eigenvalue weighted by molar-refractivity contribution is 0.0642. The maximum Gasteiger partial charge on any atom is 0.446 e. The van der Waals surface area contributed by atoms with Crippen molar-refractivity contribution in [2.75, 3.05) is 6.61 Å². The third kappa shape index (κ3) is 2.97. The normalized spacial score (nSPS) is 20.2. The summed E-state index contributed by atoms with van der Waals surface area (Å²) in [6.07, 6.45) is 4.91. The monoisotopic (exact) mass is 364 g/mol. The summed E-state index contributed by atoms with van der Waals surface area (Å²) in [6.45, 7) is 4.28. The molecule has 0 unspecified atom stereocenters. The van der Waals surface area contributed by atoms with Crippen LogP contribution in [0.5, 0.6) is 0 Å². The van der Waals surface area contributed by atoms with Gasteiger partial charge in [0.2, 0.25) is 10.8 Å². The van der Waals surface area contributed by atoms with Crippen LogP contribution in [0.1, 0.15) is 31.7 Å². The molecule has 5 nitrogen and oxygen atoms in total. The van der Waals surface area contributed by atoms with Gasteiger partial charge in [0.25, 0.3) is 0 Å². The van der Waals surface area contributed by atoms with Crippen LogP contribution in [0.25, 0.3) is 5.70 Å². The van der Waals surface area contributed by atoms with Crippen LogP contribution in [0, 0.1) is 0 Å². The minimum Gasteiger partial charge on any atom is -0.348 e. The molecule has 0 spiro atoms. The third-order valence-corrected chi connectivity index (χ3v) is 5.24. The van der Waals surface area contributed by atoms with E-state index in [-0.39, 0.29) is 0 Å². The van der Waals surface area contributed by atoms with Gasteiger partial charge in [0.1, 0.15) is 0 Å². The van der Waals surface area contributed by atoms with E-state index < -0.39 is 10.7 Å². The van der Waals surface area contributed by atoms with Crippen molar-refractivity contribution in [2.45, 2.75) is 25.2 Å². The summed E-state index contributed by atoms with van der Waals surface area (Å²) in [5.74, 6) is -0.102. The number of benzene rings is 1. The van der Waals surface area contributed by atoms with Gasteiger partial charge in [-0.2, -0.15) is 0 Å². The fourth-order valence-corrected chi connectivity index (χ4v) is 3.70. The van der Waals surface area contributed by atoms with Crippen LogP contribution in [-0.2, 0) is 9.67 Å². The van der Waals surface area contributed by atoms with Gasteiger partial charge in [0.05, 0.1) is 6.61 Å². The number of hydrogen-bond donors (Lipinski definition) is 0. The van der Waals surface area contributed by atoms with Crippen LogP contribution < -0.4 is 5.76 Å². The number of fused-ring (bicyclic) bond motifs is 1. The highest BCUT2D eigenvalue weighted by molar-refractivity contribution is 8.03. The molecular weight excluding hydrogens is 348 g/mol. The highest BCUT2D eigenvalue weighted by Crippen LogP contribution is 2.47. The summed E-state index contributed by atoms with van der Waals surface area (Å²) in [4.78, 5) is 11.1. The molecule has 24 heavy (non-hydrogen) atoms. The van der Waals surface area contributed by atoms with Gasteiger partial charge < -0.3 is 4.74 Å². The number of aromatic nitrogens is 2. The summed E-state index contributed by atoms with van der Waals surface area (Å²) >= 11 is 7.46. The van der Waals surface area contributed by atoms with Crippen LogP contribution in [0.15, 0.2) is 51.1 Å². The minimum atomic E-state index is -0.964. The van der Waals surface area contributed by atoms with Crippen LogP contribution in [-0.4, -0.2) is 16.3 Å². The van der Waals surface area contributed by atoms with Gasteiger partial charge in [0, 0.05) is 16.3 Å². The average molecular weight is 365 g/mol. The Morgan fingerprint density at radius 2 is 2.12 bits per heavy atom. The summed E-state index contributed by atoms with van der Waals surface area (Å²) in [5.41, 5.74) is 1.59. The SMILES string of the molecule is CC/C=C\CO[C@@]1(c2ccc(Cl)cc2)SC=C(C)n2c1noc2=O. The van der Waals surface area contributed by atoms with Crippen LogP contribution in [0.4, 0.5) is 0 Å². The molecule has 1 atom stereocenters. The number of thioether (sulfide) groups is 1. The van der Waals surface area contributed by atoms with E-state index in [1.165, 1.54) is 16.3 Å². The fraction of sp³-hybridized carbons (Fsp3) is 0.294. The average Bonchev–Trinajstić information content (AvgIpc) is 2.98. The van der Waals surface area contributed by atoms with E-state index in [0.29, 0.717) is 17.5 Å². The Labute approximate surface area is 148 Å². The first-order valence-corrected chi connectivity index (χ1v) is 8.83. The van der Waals surface area contributed by atoms with Crippen LogP contribution in [0.3, 0.4) is 0 Å². The zero-order valence-electron chi connectivity index (χ0n) is 13.4. The molecule has 1 aliphatic rings. The Morgan fingerprint density at radius 3 is 2.83 bits per heavy atom. The Bertz CT molecular complexity index is 838. The first-order chi connectivity index (χ1) is 11.6. The predicted octanol–water partition coefficient (Wildman–Crippen LogP) is 4.24. The topological polar surface area (TPSA) is 57.3 Å². The van der Waals surface area contributed by atoms with E-state index in [0.717, 1.165) is 17.7 Å². The van der Waals surface area contributed by atoms with Crippen molar-refractivity contribution in [3.05, 3.63) is 68.8 Å². The molecule has 1 aromatic carbocycles. The van der Waals surface area contributed by atoms with E-state index in [1.54, 1.807) is 12.1 Å². The maximum absolute atomic E-state index is 12.0. The lowest BCUT2D eigenvalue weighted by atomic mass is 10.1. The van der Waals surface area contributed by atoms with Gasteiger partial charge in [-0.25, -0.2) is 9.36 Å². The van der Waals surface area contributed by atoms with Gasteiger partial charge in [-0.1, -0.05) is 59.7 Å². The van der Waals surface area contributed by atoms with Crippen LogP contribution >= 0.6 is 23.4 Å². The van der Waals surface area contributed by atoms with Crippen molar-refractivity contribution in [2.24, 2.45) is 0 Å². The largest absolute Gasteiger partial charge is 0.446 e. The molecule has 0 N–H and O–H groups in total. The molecule has 0 saturated heterocycles. The molecule has 3 rings (SSSR count). The van der Waals surface area contributed by atoms with Crippen LogP contribution in [0.2, 0.25) is 5.02 Å². The molecule has 0 radical (unpaired) electrons. The number of nitrogens with zero attached hydrogens (tertiary/aromatic N) is 2. The molecule has 1 aliphatic heterocycles. The number of allylic oxidation sites excluding steroid dienone is 2. The Balaban J connectivity index is 2.11. The lowest BCUT2D eigenvalue weighted by Crippen LogP contribution is -2.35. The standard InChI is InChI=1S/C17H17ClN2O3S/c1-3-4-5-10-22-17(13-6-8-14(18)9-7-13)15-19-23-16(21)20(15)12(2)11-24-17/h4-9,11H,3,10H2,1-2H3/b5-4-/t17-/m0/s1. The molecule has 0 bridgehead atoms. The van der Waals surface area contributed by atoms with E-state index in [1.807, 2.05) is 36.6 Å². The number of halogens is 1. The summed E-state index contributed by atoms with van der Waals surface area (Å²) in [6, 6.07) is 7.32. The molecule has 0 aliphatic carbocycles. The Kier molecular flexibility index (Phi) is 4.99. The molecule has 1 aromatic heterocycles. The first-order valence-electron chi connectivity index (χ1n) is 7.57. The second-order valence-corrected chi connectivity index (χ2v) is 6.78. The zero-order chi connectivity index (χ0) is 17.2. The number of hydrogen-bond acceptors (Lipinski definition) is 5. The summed E-state index contributed by atoms with van der Waals surface area (Å²) < 4.78 is 12.5. The Morgan fingerprint density at radius 1 is 1.38 bits per heavy atom. The first kappa shape index (κ1) is 17.1. The predicted molar refractivity (Wildman–Crippen MR) is 95.9 cm³/mol. The van der Waals surface area contributed by atoms with Crippen molar-refractivity contribution in [1.29, 1.82) is 0 Å². The quantitative estimate of drug-likeness (QED) is 0.743. The minimum absolute atomic E-state index is 0.386. The molecule has 0 saturated carbocycles. The zero-order valence-corrected chi connectivity index (χ0v) is 14.9. The molecule has 7 heteroatoms. The Hall–Kier alpha value is -1.76. The van der Waals surface area contributed by atoms with E-state index in [4.69, 9.17) is 20.9 Å². The van der Waals surface area contributed by atoms with Crippen molar-refractivity contribution in [3.63, 3.8) is 0 Å². The van der Waals surface area contributed by atoms with E-state index in [2.05, 4.69) is 12.1 Å². The second-order valence-electron chi connectivity index (χ2n) is 5.30. The van der Waals surface area contributed by atoms with E-state index >= 15 is 0 Å². The third-order valence-electron chi connectivity index (χ3n) is 3.66. The van der Waals surface area contributed by atoms with Gasteiger partial charge in [-0.15, -0.1) is 0 Å².